The summed E-state index contributed by atoms with van der Waals surface area (Å²) in [7, 11) is 0. The molecule has 1 aliphatic heterocycles. The van der Waals surface area contributed by atoms with Gasteiger partial charge in [0, 0.05) is 12.6 Å². The van der Waals surface area contributed by atoms with Gasteiger partial charge in [-0.05, 0) is 25.0 Å². The molecule has 104 valence electrons. The Balaban J connectivity index is 2.52. The second-order valence-electron chi connectivity index (χ2n) is 4.64. The lowest BCUT2D eigenvalue weighted by atomic mass is 9.92. The summed E-state index contributed by atoms with van der Waals surface area (Å²) in [6.45, 7) is 3.87. The minimum atomic E-state index is -0.876. The van der Waals surface area contributed by atoms with Gasteiger partial charge in [0.05, 0.1) is 12.3 Å². The second-order valence-corrected chi connectivity index (χ2v) is 4.64. The molecule has 0 spiro atoms. The average Bonchev–Trinajstić information content (AvgIpc) is 2.42. The topological polar surface area (TPSA) is 70.0 Å². The largest absolute Gasteiger partial charge is 0.508 e. The molecule has 0 aromatic heterocycles. The molecule has 0 saturated carbocycles. The molecule has 5 nitrogen and oxygen atoms in total. The lowest BCUT2D eigenvalue weighted by molar-refractivity contribution is -0.136. The summed E-state index contributed by atoms with van der Waals surface area (Å²) in [5, 5.41) is 18.7. The minimum Gasteiger partial charge on any atom is -0.508 e. The van der Waals surface area contributed by atoms with Crippen LogP contribution >= 0.6 is 0 Å². The van der Waals surface area contributed by atoms with Crippen molar-refractivity contribution in [1.82, 2.24) is 0 Å². The summed E-state index contributed by atoms with van der Waals surface area (Å²) in [6.07, 6.45) is 1.12. The van der Waals surface area contributed by atoms with E-state index in [1.807, 2.05) is 13.8 Å². The lowest BCUT2D eigenvalue weighted by Gasteiger charge is -2.41. The highest BCUT2D eigenvalue weighted by atomic mass is 16.5. The molecule has 1 aromatic rings. The number of aromatic hydroxyl groups is 1. The number of benzene rings is 1. The number of phenols is 1. The number of carbonyl (C=O) groups excluding carboxylic acids is 1. The maximum Gasteiger partial charge on any atom is 0.271 e. The van der Waals surface area contributed by atoms with Crippen LogP contribution in [0.1, 0.15) is 26.7 Å². The molecule has 0 aliphatic carbocycles. The number of carbonyl (C=O) groups is 1. The Hall–Kier alpha value is -1.75. The lowest BCUT2D eigenvalue weighted by Crippen LogP contribution is -2.56. The van der Waals surface area contributed by atoms with Crippen molar-refractivity contribution in [2.24, 2.45) is 0 Å². The van der Waals surface area contributed by atoms with Crippen molar-refractivity contribution in [2.75, 3.05) is 18.1 Å². The van der Waals surface area contributed by atoms with Gasteiger partial charge in [-0.2, -0.15) is 0 Å². The maximum atomic E-state index is 12.6. The molecule has 0 fully saturated rings. The Kier molecular flexibility index (Phi) is 3.66. The number of ether oxygens (including phenoxy) is 1. The van der Waals surface area contributed by atoms with Gasteiger partial charge in [-0.25, -0.2) is 0 Å². The van der Waals surface area contributed by atoms with Gasteiger partial charge in [-0.3, -0.25) is 4.79 Å². The van der Waals surface area contributed by atoms with Crippen LogP contribution < -0.4 is 9.64 Å². The molecule has 2 N–H and O–H groups in total. The summed E-state index contributed by atoms with van der Waals surface area (Å²) in [4.78, 5) is 14.1. The third kappa shape index (κ3) is 2.14. The first-order valence-corrected chi connectivity index (χ1v) is 6.53. The third-order valence-corrected chi connectivity index (χ3v) is 3.64. The molecule has 1 aromatic carbocycles. The van der Waals surface area contributed by atoms with E-state index in [1.54, 1.807) is 6.07 Å². The third-order valence-electron chi connectivity index (χ3n) is 3.64. The zero-order valence-electron chi connectivity index (χ0n) is 11.2. The number of aliphatic hydroxyl groups is 1. The molecule has 0 unspecified atom stereocenters. The molecule has 1 amide bonds. The first-order valence-electron chi connectivity index (χ1n) is 6.53. The highest BCUT2D eigenvalue weighted by molar-refractivity contribution is 6.03. The van der Waals surface area contributed by atoms with Crippen LogP contribution in [0, 0.1) is 0 Å². The molecule has 0 bridgehead atoms. The molecule has 2 rings (SSSR count). The van der Waals surface area contributed by atoms with Gasteiger partial charge in [0.15, 0.2) is 5.60 Å². The van der Waals surface area contributed by atoms with E-state index in [-0.39, 0.29) is 24.8 Å². The first kappa shape index (κ1) is 13.7. The fourth-order valence-electron chi connectivity index (χ4n) is 2.43. The monoisotopic (exact) mass is 265 g/mol. The van der Waals surface area contributed by atoms with Crippen molar-refractivity contribution in [2.45, 2.75) is 32.3 Å². The van der Waals surface area contributed by atoms with Gasteiger partial charge >= 0.3 is 0 Å². The van der Waals surface area contributed by atoms with Gasteiger partial charge in [-0.15, -0.1) is 0 Å². The van der Waals surface area contributed by atoms with E-state index in [2.05, 4.69) is 0 Å². The Morgan fingerprint density at radius 3 is 2.58 bits per heavy atom. The van der Waals surface area contributed by atoms with Crippen molar-refractivity contribution >= 4 is 11.6 Å². The molecular weight excluding hydrogens is 246 g/mol. The summed E-state index contributed by atoms with van der Waals surface area (Å²) in [5.41, 5.74) is -0.365. The van der Waals surface area contributed by atoms with Crippen molar-refractivity contribution in [1.29, 1.82) is 0 Å². The van der Waals surface area contributed by atoms with Gasteiger partial charge in [0.25, 0.3) is 5.91 Å². The van der Waals surface area contributed by atoms with Gasteiger partial charge in [0.1, 0.15) is 11.5 Å². The molecule has 0 radical (unpaired) electrons. The van der Waals surface area contributed by atoms with Crippen molar-refractivity contribution in [3.05, 3.63) is 18.2 Å². The Labute approximate surface area is 112 Å². The normalized spacial score (nSPS) is 17.0. The van der Waals surface area contributed by atoms with Crippen LogP contribution in [0.4, 0.5) is 5.69 Å². The number of amides is 1. The van der Waals surface area contributed by atoms with Crippen LogP contribution in [0.5, 0.6) is 11.5 Å². The van der Waals surface area contributed by atoms with Gasteiger partial charge in [0.2, 0.25) is 0 Å². The fraction of sp³-hybridized carbons (Fsp3) is 0.500. The smallest absolute Gasteiger partial charge is 0.271 e. The SMILES string of the molecule is CCC1(CC)Oc2ccc(O)cc2N(CCO)C1=O. The predicted molar refractivity (Wildman–Crippen MR) is 71.5 cm³/mol. The molecule has 5 heteroatoms. The molecule has 0 saturated heterocycles. The summed E-state index contributed by atoms with van der Waals surface area (Å²) in [5.74, 6) is 0.470. The van der Waals surface area contributed by atoms with Gasteiger partial charge in [-0.1, -0.05) is 13.8 Å². The molecule has 19 heavy (non-hydrogen) atoms. The van der Waals surface area contributed by atoms with Crippen molar-refractivity contribution in [3.8, 4) is 11.5 Å². The van der Waals surface area contributed by atoms with Crippen molar-refractivity contribution < 1.29 is 19.7 Å². The highest BCUT2D eigenvalue weighted by Gasteiger charge is 2.45. The fourth-order valence-corrected chi connectivity index (χ4v) is 2.43. The Morgan fingerprint density at radius 2 is 2.00 bits per heavy atom. The van der Waals surface area contributed by atoms with Crippen molar-refractivity contribution in [3.63, 3.8) is 0 Å². The van der Waals surface area contributed by atoms with Gasteiger partial charge < -0.3 is 19.8 Å². The van der Waals surface area contributed by atoms with Crippen LogP contribution in [0.3, 0.4) is 0 Å². The number of hydrogen-bond donors (Lipinski definition) is 2. The molecule has 0 atom stereocenters. The summed E-state index contributed by atoms with van der Waals surface area (Å²) in [6, 6.07) is 4.67. The minimum absolute atomic E-state index is 0.0681. The number of anilines is 1. The molecule has 1 aliphatic rings. The second kappa shape index (κ2) is 5.09. The number of nitrogens with zero attached hydrogens (tertiary/aromatic N) is 1. The summed E-state index contributed by atoms with van der Waals surface area (Å²) < 4.78 is 5.88. The van der Waals surface area contributed by atoms with Crippen LogP contribution in [0.25, 0.3) is 0 Å². The number of aliphatic hydroxyl groups excluding tert-OH is 1. The molecule has 1 heterocycles. The zero-order chi connectivity index (χ0) is 14.0. The van der Waals surface area contributed by atoms with Crippen LogP contribution in [-0.4, -0.2) is 34.9 Å². The number of rotatable bonds is 4. The van der Waals surface area contributed by atoms with E-state index in [1.165, 1.54) is 17.0 Å². The van der Waals surface area contributed by atoms with E-state index < -0.39 is 5.60 Å². The quantitative estimate of drug-likeness (QED) is 0.868. The Bertz CT molecular complexity index is 482. The standard InChI is InChI=1S/C14H19NO4/c1-3-14(4-2)13(18)15(7-8-16)11-9-10(17)5-6-12(11)19-14/h5-6,9,16-17H,3-4,7-8H2,1-2H3. The van der Waals surface area contributed by atoms with Crippen LogP contribution in [0.2, 0.25) is 0 Å². The van der Waals surface area contributed by atoms with E-state index in [0.717, 1.165) is 0 Å². The number of phenolic OH excluding ortho intramolecular Hbond substituents is 1. The first-order chi connectivity index (χ1) is 9.07. The van der Waals surface area contributed by atoms with E-state index in [4.69, 9.17) is 9.84 Å². The van der Waals surface area contributed by atoms with Crippen LogP contribution in [0.15, 0.2) is 18.2 Å². The number of fused-ring (bicyclic) bond motifs is 1. The molecular formula is C14H19NO4. The number of β-amino-alcohol motifs (C(OH)–C–C–N with tert-alkyl or cyclic N) is 1. The summed E-state index contributed by atoms with van der Waals surface area (Å²) >= 11 is 0. The Morgan fingerprint density at radius 1 is 1.32 bits per heavy atom. The predicted octanol–water partition coefficient (Wildman–Crippen LogP) is 1.67. The van der Waals surface area contributed by atoms with E-state index >= 15 is 0 Å². The average molecular weight is 265 g/mol. The highest BCUT2D eigenvalue weighted by Crippen LogP contribution is 2.41. The number of hydrogen-bond acceptors (Lipinski definition) is 4. The zero-order valence-corrected chi connectivity index (χ0v) is 11.2. The van der Waals surface area contributed by atoms with E-state index in [0.29, 0.717) is 24.3 Å². The maximum absolute atomic E-state index is 12.6. The van der Waals surface area contributed by atoms with Crippen LogP contribution in [-0.2, 0) is 4.79 Å². The van der Waals surface area contributed by atoms with E-state index in [9.17, 15) is 9.90 Å².